The van der Waals surface area contributed by atoms with Gasteiger partial charge in [0.05, 0.1) is 5.92 Å². The number of hydrogen-bond donors (Lipinski definition) is 0. The monoisotopic (exact) mass is 267 g/mol. The number of nitrogens with zero attached hydrogens (tertiary/aromatic N) is 3. The van der Waals surface area contributed by atoms with E-state index in [4.69, 9.17) is 0 Å². The van der Waals surface area contributed by atoms with E-state index in [1.807, 2.05) is 0 Å². The van der Waals surface area contributed by atoms with Crippen molar-refractivity contribution in [3.63, 3.8) is 0 Å². The van der Waals surface area contributed by atoms with Crippen LogP contribution in [0.25, 0.3) is 0 Å². The summed E-state index contributed by atoms with van der Waals surface area (Å²) in [7, 11) is 1.73. The van der Waals surface area contributed by atoms with E-state index >= 15 is 0 Å². The Morgan fingerprint density at radius 3 is 2.32 bits per heavy atom. The van der Waals surface area contributed by atoms with Gasteiger partial charge in [0.25, 0.3) is 0 Å². The molecule has 6 nitrogen and oxygen atoms in total. The minimum atomic E-state index is -0.207. The Morgan fingerprint density at radius 2 is 1.74 bits per heavy atom. The Bertz CT molecular complexity index is 397. The first-order chi connectivity index (χ1) is 8.99. The third-order valence-electron chi connectivity index (χ3n) is 3.94. The molecule has 1 unspecified atom stereocenters. The van der Waals surface area contributed by atoms with E-state index < -0.39 is 0 Å². The molecule has 0 aromatic rings. The molecule has 3 amide bonds. The maximum Gasteiger partial charge on any atom is 0.228 e. The molecule has 1 atom stereocenters. The predicted octanol–water partition coefficient (Wildman–Crippen LogP) is -0.454. The summed E-state index contributed by atoms with van der Waals surface area (Å²) in [5.74, 6) is -0.0481. The molecule has 2 heterocycles. The smallest absolute Gasteiger partial charge is 0.228 e. The number of rotatable bonds is 1. The molecule has 0 bridgehead atoms. The molecule has 2 rings (SSSR count). The van der Waals surface area contributed by atoms with E-state index in [2.05, 4.69) is 0 Å². The van der Waals surface area contributed by atoms with Crippen molar-refractivity contribution in [2.24, 2.45) is 5.92 Å². The maximum atomic E-state index is 12.4. The van der Waals surface area contributed by atoms with Gasteiger partial charge < -0.3 is 14.7 Å². The van der Waals surface area contributed by atoms with E-state index in [-0.39, 0.29) is 23.6 Å². The Kier molecular flexibility index (Phi) is 4.07. The SMILES string of the molecule is CC(=O)N1CCCN(C(=O)C2CC(=O)N(C)C2)CC1. The fraction of sp³-hybridized carbons (Fsp3) is 0.769. The summed E-state index contributed by atoms with van der Waals surface area (Å²) in [6, 6.07) is 0. The van der Waals surface area contributed by atoms with Gasteiger partial charge in [-0.1, -0.05) is 0 Å². The Labute approximate surface area is 113 Å². The summed E-state index contributed by atoms with van der Waals surface area (Å²) in [4.78, 5) is 40.4. The van der Waals surface area contributed by atoms with Crippen molar-refractivity contribution in [1.29, 1.82) is 0 Å². The molecule has 0 N–H and O–H groups in total. The van der Waals surface area contributed by atoms with Crippen LogP contribution in [0.5, 0.6) is 0 Å². The lowest BCUT2D eigenvalue weighted by Gasteiger charge is -2.24. The third-order valence-corrected chi connectivity index (χ3v) is 3.94. The summed E-state index contributed by atoms with van der Waals surface area (Å²) in [6.45, 7) is 4.64. The highest BCUT2D eigenvalue weighted by Gasteiger charge is 2.35. The second-order valence-corrected chi connectivity index (χ2v) is 5.36. The van der Waals surface area contributed by atoms with Gasteiger partial charge in [0, 0.05) is 53.1 Å². The fourth-order valence-electron chi connectivity index (χ4n) is 2.74. The van der Waals surface area contributed by atoms with Crippen molar-refractivity contribution in [2.75, 3.05) is 39.8 Å². The standard InChI is InChI=1S/C13H21N3O3/c1-10(17)15-4-3-5-16(7-6-15)13(19)11-8-12(18)14(2)9-11/h11H,3-9H2,1-2H3. The Morgan fingerprint density at radius 1 is 1.11 bits per heavy atom. The quantitative estimate of drug-likeness (QED) is 0.646. The topological polar surface area (TPSA) is 60.9 Å². The molecule has 0 spiro atoms. The van der Waals surface area contributed by atoms with Gasteiger partial charge >= 0.3 is 0 Å². The van der Waals surface area contributed by atoms with E-state index in [9.17, 15) is 14.4 Å². The third kappa shape index (κ3) is 3.05. The minimum absolute atomic E-state index is 0.0403. The van der Waals surface area contributed by atoms with Crippen molar-refractivity contribution in [1.82, 2.24) is 14.7 Å². The lowest BCUT2D eigenvalue weighted by molar-refractivity contribution is -0.136. The first-order valence-corrected chi connectivity index (χ1v) is 6.77. The van der Waals surface area contributed by atoms with Gasteiger partial charge in [0.15, 0.2) is 0 Å². The predicted molar refractivity (Wildman–Crippen MR) is 69.2 cm³/mol. The molecule has 0 saturated carbocycles. The van der Waals surface area contributed by atoms with Crippen LogP contribution in [0.3, 0.4) is 0 Å². The van der Waals surface area contributed by atoms with Gasteiger partial charge in [-0.15, -0.1) is 0 Å². The summed E-state index contributed by atoms with van der Waals surface area (Å²) < 4.78 is 0. The van der Waals surface area contributed by atoms with E-state index in [1.165, 1.54) is 0 Å². The second-order valence-electron chi connectivity index (χ2n) is 5.36. The molecule has 2 aliphatic rings. The van der Waals surface area contributed by atoms with Crippen molar-refractivity contribution >= 4 is 17.7 Å². The molecule has 0 aromatic carbocycles. The second kappa shape index (κ2) is 5.59. The highest BCUT2D eigenvalue weighted by Crippen LogP contribution is 2.19. The number of hydrogen-bond acceptors (Lipinski definition) is 3. The molecular formula is C13H21N3O3. The molecular weight excluding hydrogens is 246 g/mol. The minimum Gasteiger partial charge on any atom is -0.345 e. The van der Waals surface area contributed by atoms with Gasteiger partial charge in [-0.2, -0.15) is 0 Å². The van der Waals surface area contributed by atoms with Crippen molar-refractivity contribution in [3.05, 3.63) is 0 Å². The zero-order chi connectivity index (χ0) is 14.0. The molecule has 2 fully saturated rings. The largest absolute Gasteiger partial charge is 0.345 e. The zero-order valence-corrected chi connectivity index (χ0v) is 11.6. The van der Waals surface area contributed by atoms with Gasteiger partial charge in [0.2, 0.25) is 17.7 Å². The van der Waals surface area contributed by atoms with E-state index in [1.54, 1.807) is 28.7 Å². The first-order valence-electron chi connectivity index (χ1n) is 6.77. The van der Waals surface area contributed by atoms with Gasteiger partial charge in [-0.05, 0) is 6.42 Å². The highest BCUT2D eigenvalue weighted by molar-refractivity contribution is 5.89. The highest BCUT2D eigenvalue weighted by atomic mass is 16.2. The van der Waals surface area contributed by atoms with E-state index in [0.717, 1.165) is 6.42 Å². The number of carbonyl (C=O) groups excluding carboxylic acids is 3. The van der Waals surface area contributed by atoms with Gasteiger partial charge in [-0.25, -0.2) is 0 Å². The molecule has 2 saturated heterocycles. The lowest BCUT2D eigenvalue weighted by atomic mass is 10.1. The van der Waals surface area contributed by atoms with Crippen LogP contribution < -0.4 is 0 Å². The molecule has 0 aliphatic carbocycles. The number of amides is 3. The van der Waals surface area contributed by atoms with Crippen LogP contribution in [0.4, 0.5) is 0 Å². The molecule has 6 heteroatoms. The molecule has 0 radical (unpaired) electrons. The lowest BCUT2D eigenvalue weighted by Crippen LogP contribution is -2.40. The summed E-state index contributed by atoms with van der Waals surface area (Å²) >= 11 is 0. The molecule has 19 heavy (non-hydrogen) atoms. The summed E-state index contributed by atoms with van der Waals surface area (Å²) in [5, 5.41) is 0. The molecule has 0 aromatic heterocycles. The van der Waals surface area contributed by atoms with Crippen LogP contribution >= 0.6 is 0 Å². The normalized spacial score (nSPS) is 24.6. The van der Waals surface area contributed by atoms with Crippen LogP contribution in [0.1, 0.15) is 19.8 Å². The van der Waals surface area contributed by atoms with Crippen molar-refractivity contribution in [3.8, 4) is 0 Å². The van der Waals surface area contributed by atoms with Crippen LogP contribution in [0.2, 0.25) is 0 Å². The van der Waals surface area contributed by atoms with Crippen LogP contribution in [-0.4, -0.2) is 72.2 Å². The van der Waals surface area contributed by atoms with Crippen molar-refractivity contribution < 1.29 is 14.4 Å². The summed E-state index contributed by atoms with van der Waals surface area (Å²) in [5.41, 5.74) is 0. The Balaban J connectivity index is 1.93. The zero-order valence-electron chi connectivity index (χ0n) is 11.6. The first kappa shape index (κ1) is 13.8. The summed E-state index contributed by atoms with van der Waals surface area (Å²) in [6.07, 6.45) is 1.13. The number of likely N-dealkylation sites (tertiary alicyclic amines) is 1. The van der Waals surface area contributed by atoms with Crippen molar-refractivity contribution in [2.45, 2.75) is 19.8 Å². The van der Waals surface area contributed by atoms with E-state index in [0.29, 0.717) is 39.1 Å². The van der Waals surface area contributed by atoms with Gasteiger partial charge in [-0.3, -0.25) is 14.4 Å². The average Bonchev–Trinajstić information content (AvgIpc) is 2.59. The average molecular weight is 267 g/mol. The van der Waals surface area contributed by atoms with Crippen LogP contribution in [-0.2, 0) is 14.4 Å². The molecule has 2 aliphatic heterocycles. The maximum absolute atomic E-state index is 12.4. The fourth-order valence-corrected chi connectivity index (χ4v) is 2.74. The van der Waals surface area contributed by atoms with Crippen LogP contribution in [0, 0.1) is 5.92 Å². The number of carbonyl (C=O) groups is 3. The van der Waals surface area contributed by atoms with Gasteiger partial charge in [0.1, 0.15) is 0 Å². The van der Waals surface area contributed by atoms with Crippen LogP contribution in [0.15, 0.2) is 0 Å². The Hall–Kier alpha value is -1.59. The molecule has 106 valence electrons.